The van der Waals surface area contributed by atoms with Crippen molar-refractivity contribution in [3.63, 3.8) is 0 Å². The predicted octanol–water partition coefficient (Wildman–Crippen LogP) is 3.73. The van der Waals surface area contributed by atoms with Crippen LogP contribution in [0.3, 0.4) is 0 Å². The topological polar surface area (TPSA) is 72.3 Å². The Kier molecular flexibility index (Phi) is 6.31. The molecule has 0 atom stereocenters. The van der Waals surface area contributed by atoms with Gasteiger partial charge in [0.2, 0.25) is 0 Å². The maximum absolute atomic E-state index is 8.58. The molecule has 4 heteroatoms. The summed E-state index contributed by atoms with van der Waals surface area (Å²) < 4.78 is 0. The van der Waals surface area contributed by atoms with Gasteiger partial charge in [0, 0.05) is 0 Å². The van der Waals surface area contributed by atoms with Crippen LogP contribution in [0.4, 0.5) is 0 Å². The van der Waals surface area contributed by atoms with Crippen molar-refractivity contribution in [2.24, 2.45) is 10.2 Å². The van der Waals surface area contributed by atoms with Crippen molar-refractivity contribution < 1.29 is 0 Å². The second-order valence-electron chi connectivity index (χ2n) is 4.70. The molecule has 0 saturated heterocycles. The molecule has 1 rings (SSSR count). The second kappa shape index (κ2) is 7.19. The molecule has 0 fully saturated rings. The van der Waals surface area contributed by atoms with Gasteiger partial charge in [-0.2, -0.15) is 20.8 Å². The Hall–Kier alpha value is -2.20. The van der Waals surface area contributed by atoms with Gasteiger partial charge >= 0.3 is 0 Å². The molecule has 0 aliphatic heterocycles. The lowest BCUT2D eigenvalue weighted by atomic mass is 10.1. The fraction of sp³-hybridized carbons (Fsp3) is 0.429. The van der Waals surface area contributed by atoms with E-state index in [0.29, 0.717) is 0 Å². The Labute approximate surface area is 109 Å². The van der Waals surface area contributed by atoms with Crippen molar-refractivity contribution >= 4 is 0 Å². The molecule has 0 aliphatic carbocycles. The minimum absolute atomic E-state index is 0.839. The average molecular weight is 242 g/mol. The lowest BCUT2D eigenvalue weighted by Gasteiger charge is -2.11. The normalized spacial score (nSPS) is 11.0. The van der Waals surface area contributed by atoms with Crippen molar-refractivity contribution in [1.82, 2.24) is 0 Å². The minimum atomic E-state index is -0.839. The largest absolute Gasteiger partial charge is 0.196 e. The maximum Gasteiger partial charge on any atom is 0.162 e. The first-order valence-corrected chi connectivity index (χ1v) is 5.59. The third kappa shape index (κ3) is 8.01. The summed E-state index contributed by atoms with van der Waals surface area (Å²) in [6.45, 7) is 6.57. The Morgan fingerprint density at radius 3 is 1.06 bits per heavy atom. The van der Waals surface area contributed by atoms with Crippen LogP contribution in [0.25, 0.3) is 0 Å². The van der Waals surface area contributed by atoms with E-state index in [0.717, 1.165) is 0 Å². The fourth-order valence-corrected chi connectivity index (χ4v) is 0.680. The fourth-order valence-electron chi connectivity index (χ4n) is 0.680. The van der Waals surface area contributed by atoms with E-state index < -0.39 is 11.1 Å². The molecule has 0 unspecified atom stereocenters. The van der Waals surface area contributed by atoms with Crippen LogP contribution in [0.5, 0.6) is 0 Å². The Morgan fingerprint density at radius 1 is 0.667 bits per heavy atom. The summed E-state index contributed by atoms with van der Waals surface area (Å²) in [4.78, 5) is 0. The van der Waals surface area contributed by atoms with Crippen molar-refractivity contribution in [3.05, 3.63) is 36.4 Å². The maximum atomic E-state index is 8.58. The van der Waals surface area contributed by atoms with Crippen molar-refractivity contribution in [1.29, 1.82) is 10.5 Å². The van der Waals surface area contributed by atoms with Gasteiger partial charge in [-0.25, -0.2) is 0 Å². The molecule has 0 amide bonds. The van der Waals surface area contributed by atoms with E-state index in [1.807, 2.05) is 48.5 Å². The number of azo groups is 1. The van der Waals surface area contributed by atoms with Crippen LogP contribution in [0, 0.1) is 22.7 Å². The summed E-state index contributed by atoms with van der Waals surface area (Å²) in [5, 5.41) is 24.7. The van der Waals surface area contributed by atoms with Gasteiger partial charge in [0.15, 0.2) is 11.1 Å². The molecule has 18 heavy (non-hydrogen) atoms. The molecular weight excluding hydrogens is 224 g/mol. The van der Waals surface area contributed by atoms with Crippen LogP contribution >= 0.6 is 0 Å². The SMILES string of the molecule is CC(C)(C#N)N=NC(C)(C)C#N.c1ccccc1. The van der Waals surface area contributed by atoms with Crippen molar-refractivity contribution in [2.45, 2.75) is 38.8 Å². The number of nitrogens with zero attached hydrogens (tertiary/aromatic N) is 4. The molecule has 0 aliphatic rings. The van der Waals surface area contributed by atoms with Gasteiger partial charge in [-0.3, -0.25) is 0 Å². The van der Waals surface area contributed by atoms with Gasteiger partial charge in [-0.05, 0) is 27.7 Å². The molecule has 0 spiro atoms. The van der Waals surface area contributed by atoms with Crippen LogP contribution in [0.2, 0.25) is 0 Å². The van der Waals surface area contributed by atoms with Crippen LogP contribution in [-0.2, 0) is 0 Å². The van der Waals surface area contributed by atoms with E-state index in [2.05, 4.69) is 10.2 Å². The van der Waals surface area contributed by atoms with Gasteiger partial charge < -0.3 is 0 Å². The summed E-state index contributed by atoms with van der Waals surface area (Å²) >= 11 is 0. The zero-order chi connectivity index (χ0) is 14.1. The molecule has 94 valence electrons. The lowest BCUT2D eigenvalue weighted by Crippen LogP contribution is -2.17. The van der Waals surface area contributed by atoms with Crippen molar-refractivity contribution in [2.75, 3.05) is 0 Å². The van der Waals surface area contributed by atoms with E-state index in [1.165, 1.54) is 0 Å². The minimum Gasteiger partial charge on any atom is -0.196 e. The molecule has 0 radical (unpaired) electrons. The third-order valence-corrected chi connectivity index (χ3v) is 1.76. The molecule has 0 heterocycles. The first-order chi connectivity index (χ1) is 8.33. The first kappa shape index (κ1) is 15.8. The third-order valence-electron chi connectivity index (χ3n) is 1.76. The van der Waals surface area contributed by atoms with Crippen LogP contribution < -0.4 is 0 Å². The number of nitriles is 2. The molecule has 1 aromatic rings. The predicted molar refractivity (Wildman–Crippen MR) is 70.7 cm³/mol. The van der Waals surface area contributed by atoms with E-state index in [9.17, 15) is 0 Å². The number of hydrogen-bond donors (Lipinski definition) is 0. The number of rotatable bonds is 2. The molecule has 0 saturated carbocycles. The van der Waals surface area contributed by atoms with E-state index >= 15 is 0 Å². The molecule has 0 N–H and O–H groups in total. The first-order valence-electron chi connectivity index (χ1n) is 5.59. The number of benzene rings is 1. The van der Waals surface area contributed by atoms with E-state index in [1.54, 1.807) is 27.7 Å². The molecule has 0 aromatic heterocycles. The molecule has 0 bridgehead atoms. The average Bonchev–Trinajstić information content (AvgIpc) is 2.40. The Balaban J connectivity index is 0.000000397. The highest BCUT2D eigenvalue weighted by Gasteiger charge is 2.19. The highest BCUT2D eigenvalue weighted by Crippen LogP contribution is 2.13. The van der Waals surface area contributed by atoms with Crippen LogP contribution in [0.15, 0.2) is 46.6 Å². The zero-order valence-corrected chi connectivity index (χ0v) is 11.3. The van der Waals surface area contributed by atoms with Gasteiger partial charge in [-0.15, -0.1) is 0 Å². The number of hydrogen-bond acceptors (Lipinski definition) is 4. The molecule has 1 aromatic carbocycles. The lowest BCUT2D eigenvalue weighted by molar-refractivity contribution is 0.541. The zero-order valence-electron chi connectivity index (χ0n) is 11.3. The standard InChI is InChI=1S/C8H12N4.C6H6/c1-7(2,5-9)11-12-8(3,4)6-10;1-2-4-6-5-3-1/h1-4H3;1-6H. The summed E-state index contributed by atoms with van der Waals surface area (Å²) in [7, 11) is 0. The Bertz CT molecular complexity index is 392. The van der Waals surface area contributed by atoms with Gasteiger partial charge in [0.25, 0.3) is 0 Å². The summed E-state index contributed by atoms with van der Waals surface area (Å²) in [6.07, 6.45) is 0. The van der Waals surface area contributed by atoms with Crippen molar-refractivity contribution in [3.8, 4) is 12.1 Å². The van der Waals surface area contributed by atoms with Gasteiger partial charge in [0.05, 0.1) is 12.1 Å². The summed E-state index contributed by atoms with van der Waals surface area (Å²) in [5.74, 6) is 0. The Morgan fingerprint density at radius 2 is 0.889 bits per heavy atom. The van der Waals surface area contributed by atoms with E-state index in [4.69, 9.17) is 10.5 Å². The van der Waals surface area contributed by atoms with E-state index in [-0.39, 0.29) is 0 Å². The van der Waals surface area contributed by atoms with Crippen LogP contribution in [-0.4, -0.2) is 11.1 Å². The van der Waals surface area contributed by atoms with Gasteiger partial charge in [0.1, 0.15) is 0 Å². The van der Waals surface area contributed by atoms with Crippen LogP contribution in [0.1, 0.15) is 27.7 Å². The van der Waals surface area contributed by atoms with Gasteiger partial charge in [-0.1, -0.05) is 36.4 Å². The molecule has 4 nitrogen and oxygen atoms in total. The monoisotopic (exact) mass is 242 g/mol. The highest BCUT2D eigenvalue weighted by molar-refractivity contribution is 5.03. The quantitative estimate of drug-likeness (QED) is 0.741. The second-order valence-corrected chi connectivity index (χ2v) is 4.70. The summed E-state index contributed by atoms with van der Waals surface area (Å²) in [5.41, 5.74) is -1.68. The smallest absolute Gasteiger partial charge is 0.162 e. The molecular formula is C14H18N4. The highest BCUT2D eigenvalue weighted by atomic mass is 15.2. The summed E-state index contributed by atoms with van der Waals surface area (Å²) in [6, 6.07) is 15.9.